The van der Waals surface area contributed by atoms with Gasteiger partial charge >= 0.3 is 0 Å². The van der Waals surface area contributed by atoms with E-state index in [4.69, 9.17) is 0 Å². The van der Waals surface area contributed by atoms with Gasteiger partial charge in [0.2, 0.25) is 0 Å². The highest BCUT2D eigenvalue weighted by atomic mass is 16.3. The standard InChI is InChI=1S/C27H49NO2/c1-6-7-10-14-23(29)15-16-24-25-19-21(18-22(25)20-26(24)30)13-11-8-9-12-17-28(5)27(2,3)4/h15-16,18,22-26,29-30H,6-14,17,19-20H2,1-5H3/b16-15+/t22-,23-,24+,25-,26+/m0/s1. The molecule has 0 aromatic carbocycles. The SMILES string of the molecule is CCCCC[C@H](O)/C=C/[C@@H]1[C@H]2CC(CCCCCCN(C)C(C)(C)C)=C[C@H]2C[C@H]1O. The number of nitrogens with zero attached hydrogens (tertiary/aromatic N) is 1. The molecule has 30 heavy (non-hydrogen) atoms. The molecule has 5 atom stereocenters. The monoisotopic (exact) mass is 419 g/mol. The summed E-state index contributed by atoms with van der Waals surface area (Å²) in [6.07, 6.45) is 18.8. The molecule has 0 radical (unpaired) electrons. The fraction of sp³-hybridized carbons (Fsp3) is 0.852. The predicted octanol–water partition coefficient (Wildman–Crippen LogP) is 6.11. The van der Waals surface area contributed by atoms with E-state index in [1.165, 1.54) is 51.5 Å². The Morgan fingerprint density at radius 3 is 2.57 bits per heavy atom. The molecule has 2 N–H and O–H groups in total. The van der Waals surface area contributed by atoms with Crippen LogP contribution in [-0.2, 0) is 0 Å². The largest absolute Gasteiger partial charge is 0.392 e. The summed E-state index contributed by atoms with van der Waals surface area (Å²) in [5.74, 6) is 1.31. The van der Waals surface area contributed by atoms with Crippen LogP contribution in [0.3, 0.4) is 0 Å². The second-order valence-corrected chi connectivity index (χ2v) is 10.9. The highest BCUT2D eigenvalue weighted by Crippen LogP contribution is 2.48. The third kappa shape index (κ3) is 8.13. The predicted molar refractivity (Wildman–Crippen MR) is 129 cm³/mol. The fourth-order valence-corrected chi connectivity index (χ4v) is 5.14. The molecule has 1 fully saturated rings. The van der Waals surface area contributed by atoms with Crippen LogP contribution in [0.15, 0.2) is 23.8 Å². The summed E-state index contributed by atoms with van der Waals surface area (Å²) in [7, 11) is 2.23. The van der Waals surface area contributed by atoms with Crippen molar-refractivity contribution in [2.45, 2.75) is 116 Å². The fourth-order valence-electron chi connectivity index (χ4n) is 5.14. The summed E-state index contributed by atoms with van der Waals surface area (Å²) in [5, 5.41) is 20.7. The summed E-state index contributed by atoms with van der Waals surface area (Å²) in [6, 6.07) is 0. The van der Waals surface area contributed by atoms with Crippen LogP contribution in [-0.4, -0.2) is 46.5 Å². The minimum atomic E-state index is -0.353. The van der Waals surface area contributed by atoms with E-state index >= 15 is 0 Å². The van der Waals surface area contributed by atoms with Crippen molar-refractivity contribution in [3.8, 4) is 0 Å². The molecule has 2 aliphatic rings. The smallest absolute Gasteiger partial charge is 0.0721 e. The average molecular weight is 420 g/mol. The molecule has 0 heterocycles. The van der Waals surface area contributed by atoms with E-state index < -0.39 is 0 Å². The van der Waals surface area contributed by atoms with Gasteiger partial charge in [-0.2, -0.15) is 0 Å². The number of hydrogen-bond donors (Lipinski definition) is 2. The summed E-state index contributed by atoms with van der Waals surface area (Å²) in [4.78, 5) is 2.45. The van der Waals surface area contributed by atoms with Gasteiger partial charge in [0.25, 0.3) is 0 Å². The Morgan fingerprint density at radius 2 is 1.87 bits per heavy atom. The minimum Gasteiger partial charge on any atom is -0.392 e. The first-order valence-corrected chi connectivity index (χ1v) is 12.7. The van der Waals surface area contributed by atoms with E-state index in [0.29, 0.717) is 11.8 Å². The molecule has 1 saturated carbocycles. The van der Waals surface area contributed by atoms with Crippen LogP contribution in [0.2, 0.25) is 0 Å². The van der Waals surface area contributed by atoms with Crippen LogP contribution >= 0.6 is 0 Å². The number of allylic oxidation sites excluding steroid dienone is 2. The Morgan fingerprint density at radius 1 is 1.13 bits per heavy atom. The van der Waals surface area contributed by atoms with Gasteiger partial charge in [0.15, 0.2) is 0 Å². The van der Waals surface area contributed by atoms with Gasteiger partial charge in [-0.3, -0.25) is 0 Å². The Labute approximate surface area is 186 Å². The summed E-state index contributed by atoms with van der Waals surface area (Å²) in [5.41, 5.74) is 1.89. The first-order chi connectivity index (χ1) is 14.2. The van der Waals surface area contributed by atoms with Crippen molar-refractivity contribution >= 4 is 0 Å². The van der Waals surface area contributed by atoms with Crippen molar-refractivity contribution in [2.75, 3.05) is 13.6 Å². The van der Waals surface area contributed by atoms with Crippen molar-refractivity contribution in [3.05, 3.63) is 23.8 Å². The Kier molecular flexibility index (Phi) is 10.6. The molecule has 0 aromatic rings. The molecule has 2 aliphatic carbocycles. The van der Waals surface area contributed by atoms with Gasteiger partial charge in [0.1, 0.15) is 0 Å². The Balaban J connectivity index is 1.67. The molecule has 0 spiro atoms. The number of rotatable bonds is 13. The van der Waals surface area contributed by atoms with Crippen LogP contribution in [0.5, 0.6) is 0 Å². The molecule has 0 aromatic heterocycles. The lowest BCUT2D eigenvalue weighted by Crippen LogP contribution is -2.38. The number of aliphatic hydroxyl groups excluding tert-OH is 2. The van der Waals surface area contributed by atoms with Crippen molar-refractivity contribution in [1.82, 2.24) is 4.90 Å². The third-order valence-corrected chi connectivity index (χ3v) is 7.50. The van der Waals surface area contributed by atoms with E-state index in [0.717, 1.165) is 25.7 Å². The van der Waals surface area contributed by atoms with Gasteiger partial charge in [-0.05, 0) is 84.7 Å². The zero-order valence-electron chi connectivity index (χ0n) is 20.4. The molecule has 174 valence electrons. The molecule has 0 bridgehead atoms. The zero-order chi connectivity index (χ0) is 22.1. The molecule has 3 nitrogen and oxygen atoms in total. The van der Waals surface area contributed by atoms with E-state index in [9.17, 15) is 10.2 Å². The number of aliphatic hydroxyl groups is 2. The summed E-state index contributed by atoms with van der Waals surface area (Å²) < 4.78 is 0. The maximum Gasteiger partial charge on any atom is 0.0721 e. The van der Waals surface area contributed by atoms with Crippen LogP contribution in [0.25, 0.3) is 0 Å². The molecule has 2 rings (SSSR count). The van der Waals surface area contributed by atoms with E-state index in [2.05, 4.69) is 51.8 Å². The first-order valence-electron chi connectivity index (χ1n) is 12.7. The Hall–Kier alpha value is -0.640. The van der Waals surface area contributed by atoms with Crippen molar-refractivity contribution in [3.63, 3.8) is 0 Å². The maximum absolute atomic E-state index is 10.5. The quantitative estimate of drug-likeness (QED) is 0.280. The lowest BCUT2D eigenvalue weighted by Gasteiger charge is -2.31. The van der Waals surface area contributed by atoms with Crippen molar-refractivity contribution in [1.29, 1.82) is 0 Å². The van der Waals surface area contributed by atoms with Gasteiger partial charge in [-0.15, -0.1) is 0 Å². The minimum absolute atomic E-state index is 0.220. The molecular formula is C27H49NO2. The number of hydrogen-bond acceptors (Lipinski definition) is 3. The highest BCUT2D eigenvalue weighted by molar-refractivity contribution is 5.21. The zero-order valence-corrected chi connectivity index (χ0v) is 20.4. The van der Waals surface area contributed by atoms with Crippen LogP contribution in [0.1, 0.15) is 98.3 Å². The van der Waals surface area contributed by atoms with Gasteiger partial charge < -0.3 is 15.1 Å². The third-order valence-electron chi connectivity index (χ3n) is 7.50. The van der Waals surface area contributed by atoms with E-state index in [1.807, 2.05) is 6.08 Å². The van der Waals surface area contributed by atoms with Crippen LogP contribution < -0.4 is 0 Å². The lowest BCUT2D eigenvalue weighted by molar-refractivity contribution is 0.139. The highest BCUT2D eigenvalue weighted by Gasteiger charge is 2.43. The lowest BCUT2D eigenvalue weighted by atomic mass is 9.88. The number of fused-ring (bicyclic) bond motifs is 1. The second-order valence-electron chi connectivity index (χ2n) is 10.9. The molecule has 0 amide bonds. The maximum atomic E-state index is 10.5. The van der Waals surface area contributed by atoms with Crippen LogP contribution in [0.4, 0.5) is 0 Å². The van der Waals surface area contributed by atoms with Gasteiger partial charge in [-0.25, -0.2) is 0 Å². The first kappa shape index (κ1) is 25.6. The number of unbranched alkanes of at least 4 members (excludes halogenated alkanes) is 5. The molecule has 0 aliphatic heterocycles. The average Bonchev–Trinajstić information content (AvgIpc) is 3.18. The van der Waals surface area contributed by atoms with E-state index in [-0.39, 0.29) is 23.7 Å². The van der Waals surface area contributed by atoms with Crippen LogP contribution in [0, 0.1) is 17.8 Å². The van der Waals surface area contributed by atoms with E-state index in [1.54, 1.807) is 5.57 Å². The second kappa shape index (κ2) is 12.4. The van der Waals surface area contributed by atoms with Gasteiger partial charge in [-0.1, -0.05) is 62.8 Å². The summed E-state index contributed by atoms with van der Waals surface area (Å²) in [6.45, 7) is 10.2. The molecular weight excluding hydrogens is 370 g/mol. The molecule has 3 heteroatoms. The topological polar surface area (TPSA) is 43.7 Å². The molecule has 0 unspecified atom stereocenters. The Bertz CT molecular complexity index is 548. The summed E-state index contributed by atoms with van der Waals surface area (Å²) >= 11 is 0. The van der Waals surface area contributed by atoms with Crippen molar-refractivity contribution < 1.29 is 10.2 Å². The van der Waals surface area contributed by atoms with Crippen molar-refractivity contribution in [2.24, 2.45) is 17.8 Å². The van der Waals surface area contributed by atoms with Gasteiger partial charge in [0, 0.05) is 11.5 Å². The molecule has 0 saturated heterocycles. The van der Waals surface area contributed by atoms with Gasteiger partial charge in [0.05, 0.1) is 12.2 Å². The normalized spacial score (nSPS) is 27.8.